The van der Waals surface area contributed by atoms with Crippen LogP contribution in [-0.2, 0) is 0 Å². The Kier molecular flexibility index (Phi) is 3.95. The van der Waals surface area contributed by atoms with Gasteiger partial charge < -0.3 is 20.3 Å². The number of benzene rings is 2. The lowest BCUT2D eigenvalue weighted by molar-refractivity contribution is 0.198. The molecule has 1 aliphatic heterocycles. The zero-order valence-corrected chi connectivity index (χ0v) is 15.1. The fraction of sp³-hybridized carbons (Fsp3) is 0.190. The van der Waals surface area contributed by atoms with Gasteiger partial charge in [-0.05, 0) is 48.9 Å². The molecule has 1 unspecified atom stereocenters. The molecule has 2 aromatic heterocycles. The molecule has 0 amide bonds. The summed E-state index contributed by atoms with van der Waals surface area (Å²) < 4.78 is 5.64. The number of nitrogen functional groups attached to an aromatic ring is 1. The monoisotopic (exact) mass is 373 g/mol. The fourth-order valence-corrected chi connectivity index (χ4v) is 3.64. The number of aliphatic hydroxyl groups excluding tert-OH is 1. The number of aromatic nitrogens is 3. The molecular weight excluding hydrogens is 354 g/mol. The van der Waals surface area contributed by atoms with Gasteiger partial charge in [0.05, 0.1) is 17.2 Å². The molecule has 1 atom stereocenters. The van der Waals surface area contributed by atoms with E-state index in [1.165, 1.54) is 0 Å². The van der Waals surface area contributed by atoms with Gasteiger partial charge in [0, 0.05) is 36.1 Å². The zero-order chi connectivity index (χ0) is 19.1. The van der Waals surface area contributed by atoms with Gasteiger partial charge in [0.1, 0.15) is 5.52 Å². The minimum atomic E-state index is -0.243. The summed E-state index contributed by atoms with van der Waals surface area (Å²) in [6.45, 7) is 1.55. The Morgan fingerprint density at radius 1 is 1.07 bits per heavy atom. The SMILES string of the molecule is Nc1nccc(-c2ccc3noc(-c4ccc(N5CCC(O)C5)cc4)c3c2)n1. The van der Waals surface area contributed by atoms with Crippen molar-refractivity contribution in [3.63, 3.8) is 0 Å². The van der Waals surface area contributed by atoms with Gasteiger partial charge in [-0.2, -0.15) is 0 Å². The third-order valence-electron chi connectivity index (χ3n) is 5.10. The summed E-state index contributed by atoms with van der Waals surface area (Å²) in [6.07, 6.45) is 2.21. The van der Waals surface area contributed by atoms with Crippen LogP contribution in [0.25, 0.3) is 33.5 Å². The van der Waals surface area contributed by atoms with Crippen molar-refractivity contribution in [3.05, 3.63) is 54.7 Å². The molecule has 7 nitrogen and oxygen atoms in total. The molecule has 0 saturated carbocycles. The highest BCUT2D eigenvalue weighted by molar-refractivity contribution is 5.94. The summed E-state index contributed by atoms with van der Waals surface area (Å²) in [6, 6.07) is 15.8. The zero-order valence-electron chi connectivity index (χ0n) is 15.1. The molecule has 28 heavy (non-hydrogen) atoms. The molecule has 7 heteroatoms. The van der Waals surface area contributed by atoms with Crippen molar-refractivity contribution < 1.29 is 9.63 Å². The number of hydrogen-bond donors (Lipinski definition) is 2. The van der Waals surface area contributed by atoms with Crippen LogP contribution in [0.1, 0.15) is 6.42 Å². The quantitative estimate of drug-likeness (QED) is 0.569. The smallest absolute Gasteiger partial charge is 0.220 e. The Morgan fingerprint density at radius 2 is 1.89 bits per heavy atom. The summed E-state index contributed by atoms with van der Waals surface area (Å²) in [5.74, 6) is 0.956. The first-order chi connectivity index (χ1) is 13.7. The van der Waals surface area contributed by atoms with E-state index in [4.69, 9.17) is 10.3 Å². The van der Waals surface area contributed by atoms with E-state index in [1.54, 1.807) is 6.20 Å². The van der Waals surface area contributed by atoms with E-state index in [0.29, 0.717) is 12.3 Å². The molecule has 3 heterocycles. The van der Waals surface area contributed by atoms with Gasteiger partial charge in [-0.1, -0.05) is 11.2 Å². The third kappa shape index (κ3) is 2.95. The molecular formula is C21H19N5O2. The maximum Gasteiger partial charge on any atom is 0.220 e. The second kappa shape index (κ2) is 6.61. The summed E-state index contributed by atoms with van der Waals surface area (Å²) >= 11 is 0. The molecule has 0 bridgehead atoms. The third-order valence-corrected chi connectivity index (χ3v) is 5.10. The van der Waals surface area contributed by atoms with Crippen molar-refractivity contribution >= 4 is 22.5 Å². The van der Waals surface area contributed by atoms with Crippen LogP contribution in [0.2, 0.25) is 0 Å². The normalized spacial score (nSPS) is 16.8. The molecule has 5 rings (SSSR count). The Labute approximate surface area is 161 Å². The van der Waals surface area contributed by atoms with E-state index in [-0.39, 0.29) is 12.1 Å². The molecule has 1 fully saturated rings. The number of hydrogen-bond acceptors (Lipinski definition) is 7. The van der Waals surface area contributed by atoms with Crippen LogP contribution in [0.5, 0.6) is 0 Å². The van der Waals surface area contributed by atoms with Crippen LogP contribution in [0.3, 0.4) is 0 Å². The van der Waals surface area contributed by atoms with Crippen molar-refractivity contribution in [1.29, 1.82) is 0 Å². The number of rotatable bonds is 3. The Morgan fingerprint density at radius 3 is 2.64 bits per heavy atom. The highest BCUT2D eigenvalue weighted by Gasteiger charge is 2.20. The van der Waals surface area contributed by atoms with E-state index in [9.17, 15) is 5.11 Å². The standard InChI is InChI=1S/C21H19N5O2/c22-21-23-9-7-18(24-21)14-3-6-19-17(11-14)20(28-25-19)13-1-4-15(5-2-13)26-10-8-16(27)12-26/h1-7,9,11,16,27H,8,10,12H2,(H2,22,23,24). The van der Waals surface area contributed by atoms with Gasteiger partial charge in [-0.3, -0.25) is 0 Å². The van der Waals surface area contributed by atoms with E-state index in [2.05, 4.69) is 32.2 Å². The summed E-state index contributed by atoms with van der Waals surface area (Å²) in [5.41, 5.74) is 10.2. The summed E-state index contributed by atoms with van der Waals surface area (Å²) in [7, 11) is 0. The lowest BCUT2D eigenvalue weighted by Crippen LogP contribution is -2.20. The molecule has 3 N–H and O–H groups in total. The lowest BCUT2D eigenvalue weighted by Gasteiger charge is -2.17. The van der Waals surface area contributed by atoms with Gasteiger partial charge in [0.2, 0.25) is 5.95 Å². The van der Waals surface area contributed by atoms with Crippen LogP contribution in [0, 0.1) is 0 Å². The van der Waals surface area contributed by atoms with Crippen molar-refractivity contribution in [3.8, 4) is 22.6 Å². The van der Waals surface area contributed by atoms with E-state index in [0.717, 1.165) is 46.4 Å². The molecule has 0 spiro atoms. The minimum absolute atomic E-state index is 0.241. The Bertz CT molecular complexity index is 1140. The first-order valence-electron chi connectivity index (χ1n) is 9.19. The van der Waals surface area contributed by atoms with Gasteiger partial charge in [0.15, 0.2) is 5.76 Å². The number of β-amino-alcohol motifs (C(OH)–C–C–N with tert-alkyl or cyclic N) is 1. The van der Waals surface area contributed by atoms with Gasteiger partial charge >= 0.3 is 0 Å². The molecule has 1 saturated heterocycles. The highest BCUT2D eigenvalue weighted by Crippen LogP contribution is 2.33. The van der Waals surface area contributed by atoms with E-state index in [1.807, 2.05) is 36.4 Å². The van der Waals surface area contributed by atoms with Crippen LogP contribution >= 0.6 is 0 Å². The van der Waals surface area contributed by atoms with Crippen molar-refractivity contribution in [2.75, 3.05) is 23.7 Å². The second-order valence-corrected chi connectivity index (χ2v) is 6.98. The van der Waals surface area contributed by atoms with Gasteiger partial charge in [0.25, 0.3) is 0 Å². The molecule has 0 radical (unpaired) electrons. The maximum atomic E-state index is 9.74. The number of aliphatic hydroxyl groups is 1. The molecule has 2 aromatic carbocycles. The van der Waals surface area contributed by atoms with Crippen molar-refractivity contribution in [1.82, 2.24) is 15.1 Å². The van der Waals surface area contributed by atoms with Crippen molar-refractivity contribution in [2.24, 2.45) is 0 Å². The second-order valence-electron chi connectivity index (χ2n) is 6.98. The predicted molar refractivity (Wildman–Crippen MR) is 108 cm³/mol. The average Bonchev–Trinajstić information content (AvgIpc) is 3.34. The topological polar surface area (TPSA) is 101 Å². The number of nitrogens with zero attached hydrogens (tertiary/aromatic N) is 4. The highest BCUT2D eigenvalue weighted by atomic mass is 16.5. The van der Waals surface area contributed by atoms with Crippen LogP contribution in [-0.4, -0.2) is 39.4 Å². The summed E-state index contributed by atoms with van der Waals surface area (Å²) in [5, 5.41) is 14.8. The number of anilines is 2. The first kappa shape index (κ1) is 16.7. The lowest BCUT2D eigenvalue weighted by atomic mass is 10.0. The van der Waals surface area contributed by atoms with Gasteiger partial charge in [-0.15, -0.1) is 0 Å². The van der Waals surface area contributed by atoms with Crippen molar-refractivity contribution in [2.45, 2.75) is 12.5 Å². The molecule has 4 aromatic rings. The number of fused-ring (bicyclic) bond motifs is 1. The first-order valence-corrected chi connectivity index (χ1v) is 9.19. The molecule has 0 aliphatic carbocycles. The largest absolute Gasteiger partial charge is 0.391 e. The maximum absolute atomic E-state index is 9.74. The Hall–Kier alpha value is -3.45. The van der Waals surface area contributed by atoms with Crippen LogP contribution in [0.4, 0.5) is 11.6 Å². The molecule has 140 valence electrons. The summed E-state index contributed by atoms with van der Waals surface area (Å²) in [4.78, 5) is 10.4. The number of nitrogens with two attached hydrogens (primary N) is 1. The Balaban J connectivity index is 1.51. The molecule has 1 aliphatic rings. The van der Waals surface area contributed by atoms with Gasteiger partial charge in [-0.25, -0.2) is 9.97 Å². The van der Waals surface area contributed by atoms with Crippen LogP contribution in [0.15, 0.2) is 59.3 Å². The van der Waals surface area contributed by atoms with Crippen LogP contribution < -0.4 is 10.6 Å². The fourth-order valence-electron chi connectivity index (χ4n) is 3.64. The van der Waals surface area contributed by atoms with E-state index < -0.39 is 0 Å². The minimum Gasteiger partial charge on any atom is -0.391 e. The average molecular weight is 373 g/mol. The van der Waals surface area contributed by atoms with E-state index >= 15 is 0 Å². The predicted octanol–water partition coefficient (Wildman–Crippen LogP) is 3.11.